The van der Waals surface area contributed by atoms with Crippen molar-refractivity contribution in [3.63, 3.8) is 0 Å². The molecule has 3 aromatic rings. The second-order valence-electron chi connectivity index (χ2n) is 4.17. The van der Waals surface area contributed by atoms with Gasteiger partial charge in [0.05, 0.1) is 11.9 Å². The van der Waals surface area contributed by atoms with E-state index in [1.165, 1.54) is 11.0 Å². The zero-order valence-electron chi connectivity index (χ0n) is 10.8. The topological polar surface area (TPSA) is 72.7 Å². The molecule has 21 heavy (non-hydrogen) atoms. The van der Waals surface area contributed by atoms with E-state index in [0.29, 0.717) is 5.82 Å². The quantitative estimate of drug-likeness (QED) is 0.793. The highest BCUT2D eigenvalue weighted by atomic mass is 79.9. The van der Waals surface area contributed by atoms with Crippen LogP contribution in [-0.2, 0) is 0 Å². The van der Waals surface area contributed by atoms with Crippen molar-refractivity contribution in [1.29, 1.82) is 0 Å². The van der Waals surface area contributed by atoms with E-state index in [2.05, 4.69) is 36.4 Å². The summed E-state index contributed by atoms with van der Waals surface area (Å²) in [5.74, 6) is 0.101. The molecular formula is C14H10BrN5O. The molecule has 1 aromatic carbocycles. The first-order valence-corrected chi connectivity index (χ1v) is 6.92. The van der Waals surface area contributed by atoms with E-state index < -0.39 is 0 Å². The van der Waals surface area contributed by atoms with E-state index in [1.807, 2.05) is 30.3 Å². The first-order chi connectivity index (χ1) is 10.2. The molecule has 1 amide bonds. The van der Waals surface area contributed by atoms with Crippen LogP contribution in [0.2, 0.25) is 0 Å². The number of nitrogens with one attached hydrogen (secondary N) is 1. The zero-order chi connectivity index (χ0) is 14.7. The Labute approximate surface area is 129 Å². The Morgan fingerprint density at radius 1 is 1.10 bits per heavy atom. The molecular weight excluding hydrogens is 334 g/mol. The summed E-state index contributed by atoms with van der Waals surface area (Å²) in [5, 5.41) is 10.9. The van der Waals surface area contributed by atoms with Crippen LogP contribution < -0.4 is 5.32 Å². The number of hydrogen-bond acceptors (Lipinski definition) is 4. The van der Waals surface area contributed by atoms with Crippen LogP contribution in [0, 0.1) is 0 Å². The molecule has 0 spiro atoms. The van der Waals surface area contributed by atoms with Gasteiger partial charge in [-0.15, -0.1) is 5.10 Å². The van der Waals surface area contributed by atoms with E-state index >= 15 is 0 Å². The molecule has 7 heteroatoms. The number of benzene rings is 1. The van der Waals surface area contributed by atoms with E-state index in [0.717, 1.165) is 10.2 Å². The van der Waals surface area contributed by atoms with Gasteiger partial charge in [-0.25, -0.2) is 4.98 Å². The zero-order valence-corrected chi connectivity index (χ0v) is 12.4. The second-order valence-corrected chi connectivity index (χ2v) is 5.09. The van der Waals surface area contributed by atoms with Crippen molar-refractivity contribution < 1.29 is 4.79 Å². The third kappa shape index (κ3) is 3.14. The molecule has 0 fully saturated rings. The number of amides is 1. The number of pyridine rings is 1. The lowest BCUT2D eigenvalue weighted by atomic mass is 10.3. The van der Waals surface area contributed by atoms with Crippen LogP contribution >= 0.6 is 15.9 Å². The van der Waals surface area contributed by atoms with Crippen LogP contribution in [0.5, 0.6) is 0 Å². The van der Waals surface area contributed by atoms with Gasteiger partial charge >= 0.3 is 0 Å². The average molecular weight is 344 g/mol. The highest BCUT2D eigenvalue weighted by Gasteiger charge is 2.12. The SMILES string of the molecule is O=C(Nc1ccc(Br)cn1)c1cnn(-c2ccccc2)n1. The van der Waals surface area contributed by atoms with Gasteiger partial charge in [-0.3, -0.25) is 4.79 Å². The van der Waals surface area contributed by atoms with E-state index in [-0.39, 0.29) is 11.6 Å². The van der Waals surface area contributed by atoms with Crippen molar-refractivity contribution in [3.05, 3.63) is 65.0 Å². The molecule has 0 saturated heterocycles. The lowest BCUT2D eigenvalue weighted by molar-refractivity contribution is 0.102. The summed E-state index contributed by atoms with van der Waals surface area (Å²) in [6.07, 6.45) is 3.03. The number of nitrogens with zero attached hydrogens (tertiary/aromatic N) is 4. The fraction of sp³-hybridized carbons (Fsp3) is 0. The number of para-hydroxylation sites is 1. The maximum atomic E-state index is 12.1. The van der Waals surface area contributed by atoms with Gasteiger partial charge in [0.25, 0.3) is 5.91 Å². The average Bonchev–Trinajstić information content (AvgIpc) is 3.00. The van der Waals surface area contributed by atoms with Gasteiger partial charge in [0.1, 0.15) is 5.82 Å². The monoisotopic (exact) mass is 343 g/mol. The molecule has 0 aliphatic rings. The highest BCUT2D eigenvalue weighted by molar-refractivity contribution is 9.10. The number of carbonyl (C=O) groups excluding carboxylic acids is 1. The predicted octanol–water partition coefficient (Wildman–Crippen LogP) is 2.68. The first-order valence-electron chi connectivity index (χ1n) is 6.13. The Hall–Kier alpha value is -2.54. The Balaban J connectivity index is 1.77. The van der Waals surface area contributed by atoms with Gasteiger partial charge in [0.15, 0.2) is 5.69 Å². The van der Waals surface area contributed by atoms with Crippen LogP contribution in [0.4, 0.5) is 5.82 Å². The second kappa shape index (κ2) is 5.84. The smallest absolute Gasteiger partial charge is 0.279 e. The maximum absolute atomic E-state index is 12.1. The van der Waals surface area contributed by atoms with Crippen LogP contribution in [0.3, 0.4) is 0 Å². The molecule has 1 N–H and O–H groups in total. The molecule has 3 rings (SSSR count). The molecule has 0 saturated carbocycles. The molecule has 0 atom stereocenters. The van der Waals surface area contributed by atoms with Gasteiger partial charge in [-0.1, -0.05) is 18.2 Å². The summed E-state index contributed by atoms with van der Waals surface area (Å²) in [6.45, 7) is 0. The number of carbonyl (C=O) groups is 1. The van der Waals surface area contributed by atoms with Gasteiger partial charge in [-0.2, -0.15) is 9.90 Å². The third-order valence-electron chi connectivity index (χ3n) is 2.68. The summed E-state index contributed by atoms with van der Waals surface area (Å²) in [7, 11) is 0. The van der Waals surface area contributed by atoms with Crippen molar-refractivity contribution in [2.24, 2.45) is 0 Å². The third-order valence-corrected chi connectivity index (χ3v) is 3.15. The minimum atomic E-state index is -0.355. The van der Waals surface area contributed by atoms with Crippen molar-refractivity contribution in [2.45, 2.75) is 0 Å². The number of halogens is 1. The first kappa shape index (κ1) is 13.4. The van der Waals surface area contributed by atoms with Gasteiger partial charge in [0, 0.05) is 10.7 Å². The van der Waals surface area contributed by atoms with Gasteiger partial charge in [-0.05, 0) is 40.2 Å². The normalized spacial score (nSPS) is 10.3. The molecule has 0 bridgehead atoms. The molecule has 6 nitrogen and oxygen atoms in total. The van der Waals surface area contributed by atoms with E-state index in [1.54, 1.807) is 18.3 Å². The predicted molar refractivity (Wildman–Crippen MR) is 81.2 cm³/mol. The minimum absolute atomic E-state index is 0.226. The van der Waals surface area contributed by atoms with Crippen LogP contribution in [0.1, 0.15) is 10.5 Å². The van der Waals surface area contributed by atoms with E-state index in [4.69, 9.17) is 0 Å². The van der Waals surface area contributed by atoms with Crippen molar-refractivity contribution in [3.8, 4) is 5.69 Å². The molecule has 0 aliphatic carbocycles. The van der Waals surface area contributed by atoms with Crippen molar-refractivity contribution >= 4 is 27.7 Å². The number of rotatable bonds is 3. The Kier molecular flexibility index (Phi) is 3.74. The molecule has 0 radical (unpaired) electrons. The van der Waals surface area contributed by atoms with Crippen LogP contribution in [0.25, 0.3) is 5.69 Å². The summed E-state index contributed by atoms with van der Waals surface area (Å²) in [6, 6.07) is 12.9. The number of anilines is 1. The Morgan fingerprint density at radius 2 is 1.90 bits per heavy atom. The fourth-order valence-electron chi connectivity index (χ4n) is 1.68. The maximum Gasteiger partial charge on any atom is 0.279 e. The van der Waals surface area contributed by atoms with Gasteiger partial charge in [0.2, 0.25) is 0 Å². The van der Waals surface area contributed by atoms with E-state index in [9.17, 15) is 4.79 Å². The summed E-state index contributed by atoms with van der Waals surface area (Å²) >= 11 is 3.28. The fourth-order valence-corrected chi connectivity index (χ4v) is 1.92. The lowest BCUT2D eigenvalue weighted by Gasteiger charge is -2.01. The lowest BCUT2D eigenvalue weighted by Crippen LogP contribution is -2.14. The minimum Gasteiger partial charge on any atom is -0.305 e. The highest BCUT2D eigenvalue weighted by Crippen LogP contribution is 2.11. The molecule has 0 unspecified atom stereocenters. The van der Waals surface area contributed by atoms with Crippen molar-refractivity contribution in [1.82, 2.24) is 20.0 Å². The summed E-state index contributed by atoms with van der Waals surface area (Å²) < 4.78 is 0.843. The van der Waals surface area contributed by atoms with Crippen LogP contribution in [0.15, 0.2) is 59.3 Å². The molecule has 0 aliphatic heterocycles. The van der Waals surface area contributed by atoms with Crippen LogP contribution in [-0.4, -0.2) is 25.9 Å². The Bertz CT molecular complexity index is 755. The van der Waals surface area contributed by atoms with Gasteiger partial charge < -0.3 is 5.32 Å². The van der Waals surface area contributed by atoms with Crippen molar-refractivity contribution in [2.75, 3.05) is 5.32 Å². The molecule has 2 heterocycles. The Morgan fingerprint density at radius 3 is 2.62 bits per heavy atom. The number of aromatic nitrogens is 4. The summed E-state index contributed by atoms with van der Waals surface area (Å²) in [5.41, 5.74) is 1.02. The number of hydrogen-bond donors (Lipinski definition) is 1. The largest absolute Gasteiger partial charge is 0.305 e. The molecule has 104 valence electrons. The standard InChI is InChI=1S/C14H10BrN5O/c15-10-6-7-13(16-8-10)18-14(21)12-9-17-20(19-12)11-4-2-1-3-5-11/h1-9H,(H,16,18,21). The molecule has 2 aromatic heterocycles. The summed E-state index contributed by atoms with van der Waals surface area (Å²) in [4.78, 5) is 17.5.